The van der Waals surface area contributed by atoms with Crippen molar-refractivity contribution in [3.05, 3.63) is 24.3 Å². The summed E-state index contributed by atoms with van der Waals surface area (Å²) in [5.74, 6) is -0.205. The third-order valence-electron chi connectivity index (χ3n) is 3.79. The van der Waals surface area contributed by atoms with E-state index in [4.69, 9.17) is 5.73 Å². The second-order valence-electron chi connectivity index (χ2n) is 5.38. The lowest BCUT2D eigenvalue weighted by molar-refractivity contribution is -0.119. The third-order valence-corrected chi connectivity index (χ3v) is 3.79. The van der Waals surface area contributed by atoms with Crippen LogP contribution in [0.25, 0.3) is 0 Å². The summed E-state index contributed by atoms with van der Waals surface area (Å²) in [6.07, 6.45) is 2.50. The summed E-state index contributed by atoms with van der Waals surface area (Å²) in [4.78, 5) is 14.3. The van der Waals surface area contributed by atoms with Crippen molar-refractivity contribution in [3.8, 4) is 0 Å². The Morgan fingerprint density at radius 1 is 1.24 bits per heavy atom. The van der Waals surface area contributed by atoms with Gasteiger partial charge in [-0.15, -0.1) is 24.8 Å². The van der Waals surface area contributed by atoms with Gasteiger partial charge in [0.15, 0.2) is 0 Å². The molecular weight excluding hydrogens is 309 g/mol. The van der Waals surface area contributed by atoms with Crippen LogP contribution in [0.2, 0.25) is 0 Å². The quantitative estimate of drug-likeness (QED) is 0.890. The number of carbonyl (C=O) groups excluding carboxylic acids is 1. The molecule has 1 fully saturated rings. The van der Waals surface area contributed by atoms with E-state index in [0.717, 1.165) is 18.8 Å². The first-order chi connectivity index (χ1) is 9.08. The second-order valence-corrected chi connectivity index (χ2v) is 5.38. The van der Waals surface area contributed by atoms with Gasteiger partial charge in [-0.3, -0.25) is 4.79 Å². The van der Waals surface area contributed by atoms with Crippen LogP contribution in [-0.4, -0.2) is 25.0 Å². The van der Waals surface area contributed by atoms with Crippen LogP contribution in [0.4, 0.5) is 11.4 Å². The molecule has 0 aromatic heterocycles. The molecule has 0 spiro atoms. The van der Waals surface area contributed by atoms with E-state index in [1.54, 1.807) is 0 Å². The minimum Gasteiger partial charge on any atom is -0.371 e. The molecule has 0 aliphatic carbocycles. The Balaban J connectivity index is 0.00000200. The molecule has 1 aromatic rings. The first-order valence-electron chi connectivity index (χ1n) is 6.99. The zero-order valence-corrected chi connectivity index (χ0v) is 14.2. The standard InChI is InChI=1S/C15H23N3O.2ClH/c1-11(12(2)16)15(19)17-13-6-5-7-14(10-13)18-8-3-4-9-18;;/h5-7,10-12H,3-4,8-9,16H2,1-2H3,(H,17,19);2*1H. The predicted octanol–water partition coefficient (Wildman–Crippen LogP) is 3.05. The van der Waals surface area contributed by atoms with Gasteiger partial charge in [0.25, 0.3) is 0 Å². The van der Waals surface area contributed by atoms with Crippen molar-refractivity contribution in [2.24, 2.45) is 11.7 Å². The highest BCUT2D eigenvalue weighted by atomic mass is 35.5. The lowest BCUT2D eigenvalue weighted by Crippen LogP contribution is -2.34. The molecule has 2 unspecified atom stereocenters. The highest BCUT2D eigenvalue weighted by molar-refractivity contribution is 5.93. The molecule has 1 aromatic carbocycles. The molecule has 1 aliphatic rings. The van der Waals surface area contributed by atoms with E-state index in [2.05, 4.69) is 16.3 Å². The Labute approximate surface area is 139 Å². The Kier molecular flexibility index (Phi) is 8.71. The topological polar surface area (TPSA) is 58.4 Å². The first kappa shape index (κ1) is 20.0. The number of amides is 1. The van der Waals surface area contributed by atoms with Gasteiger partial charge in [0, 0.05) is 30.5 Å². The highest BCUT2D eigenvalue weighted by Crippen LogP contribution is 2.23. The van der Waals surface area contributed by atoms with Crippen molar-refractivity contribution in [2.75, 3.05) is 23.3 Å². The number of anilines is 2. The molecule has 1 amide bonds. The van der Waals surface area contributed by atoms with Gasteiger partial charge < -0.3 is 16.0 Å². The summed E-state index contributed by atoms with van der Waals surface area (Å²) in [5.41, 5.74) is 7.78. The van der Waals surface area contributed by atoms with Crippen LogP contribution in [0.15, 0.2) is 24.3 Å². The van der Waals surface area contributed by atoms with Gasteiger partial charge in [-0.05, 0) is 38.0 Å². The summed E-state index contributed by atoms with van der Waals surface area (Å²) in [5, 5.41) is 2.94. The van der Waals surface area contributed by atoms with Gasteiger partial charge in [0.05, 0.1) is 5.92 Å². The zero-order chi connectivity index (χ0) is 13.8. The molecule has 0 saturated carbocycles. The van der Waals surface area contributed by atoms with Gasteiger partial charge in [-0.1, -0.05) is 13.0 Å². The number of hydrogen-bond donors (Lipinski definition) is 2. The normalized spacial score (nSPS) is 16.4. The predicted molar refractivity (Wildman–Crippen MR) is 93.8 cm³/mol. The van der Waals surface area contributed by atoms with E-state index in [1.807, 2.05) is 32.0 Å². The van der Waals surface area contributed by atoms with Crippen LogP contribution < -0.4 is 16.0 Å². The van der Waals surface area contributed by atoms with Crippen LogP contribution in [0.5, 0.6) is 0 Å². The molecule has 2 atom stereocenters. The molecule has 1 aliphatic heterocycles. The van der Waals surface area contributed by atoms with E-state index in [9.17, 15) is 4.79 Å². The van der Waals surface area contributed by atoms with E-state index in [-0.39, 0.29) is 42.7 Å². The third kappa shape index (κ3) is 5.38. The molecule has 21 heavy (non-hydrogen) atoms. The van der Waals surface area contributed by atoms with Crippen molar-refractivity contribution < 1.29 is 4.79 Å². The average molecular weight is 334 g/mol. The number of nitrogens with two attached hydrogens (primary N) is 1. The van der Waals surface area contributed by atoms with Gasteiger partial charge in [0.2, 0.25) is 5.91 Å². The fourth-order valence-electron chi connectivity index (χ4n) is 2.25. The minimum absolute atomic E-state index is 0. The second kappa shape index (κ2) is 9.13. The maximum absolute atomic E-state index is 12.0. The van der Waals surface area contributed by atoms with Crippen molar-refractivity contribution in [2.45, 2.75) is 32.7 Å². The highest BCUT2D eigenvalue weighted by Gasteiger charge is 2.18. The average Bonchev–Trinajstić information content (AvgIpc) is 2.91. The number of halogens is 2. The van der Waals surface area contributed by atoms with Crippen LogP contribution in [-0.2, 0) is 4.79 Å². The zero-order valence-electron chi connectivity index (χ0n) is 12.5. The number of nitrogens with zero attached hydrogens (tertiary/aromatic N) is 1. The largest absolute Gasteiger partial charge is 0.371 e. The van der Waals surface area contributed by atoms with Crippen molar-refractivity contribution in [1.29, 1.82) is 0 Å². The van der Waals surface area contributed by atoms with E-state index < -0.39 is 0 Å². The summed E-state index contributed by atoms with van der Waals surface area (Å²) in [7, 11) is 0. The number of benzene rings is 1. The Morgan fingerprint density at radius 2 is 1.86 bits per heavy atom. The molecule has 0 bridgehead atoms. The lowest BCUT2D eigenvalue weighted by Gasteiger charge is -2.19. The minimum atomic E-state index is -0.185. The summed E-state index contributed by atoms with van der Waals surface area (Å²) >= 11 is 0. The maximum Gasteiger partial charge on any atom is 0.228 e. The molecule has 1 saturated heterocycles. The fourth-order valence-corrected chi connectivity index (χ4v) is 2.25. The summed E-state index contributed by atoms with van der Waals surface area (Å²) in [6, 6.07) is 7.90. The SMILES string of the molecule is CC(N)C(C)C(=O)Nc1cccc(N2CCCC2)c1.Cl.Cl. The van der Waals surface area contributed by atoms with Crippen LogP contribution in [0.3, 0.4) is 0 Å². The van der Waals surface area contributed by atoms with Crippen LogP contribution in [0, 0.1) is 5.92 Å². The molecule has 120 valence electrons. The summed E-state index contributed by atoms with van der Waals surface area (Å²) < 4.78 is 0. The fraction of sp³-hybridized carbons (Fsp3) is 0.533. The molecule has 2 rings (SSSR count). The lowest BCUT2D eigenvalue weighted by atomic mass is 10.0. The molecule has 6 heteroatoms. The Morgan fingerprint density at radius 3 is 2.43 bits per heavy atom. The monoisotopic (exact) mass is 333 g/mol. The van der Waals surface area contributed by atoms with E-state index in [1.165, 1.54) is 18.5 Å². The molecule has 1 heterocycles. The van der Waals surface area contributed by atoms with E-state index in [0.29, 0.717) is 0 Å². The number of nitrogens with one attached hydrogen (secondary N) is 1. The summed E-state index contributed by atoms with van der Waals surface area (Å²) in [6.45, 7) is 5.91. The maximum atomic E-state index is 12.0. The van der Waals surface area contributed by atoms with Crippen molar-refractivity contribution in [1.82, 2.24) is 0 Å². The van der Waals surface area contributed by atoms with Gasteiger partial charge in [-0.25, -0.2) is 0 Å². The van der Waals surface area contributed by atoms with Gasteiger partial charge in [-0.2, -0.15) is 0 Å². The number of carbonyl (C=O) groups is 1. The molecule has 0 radical (unpaired) electrons. The number of rotatable bonds is 4. The van der Waals surface area contributed by atoms with Crippen molar-refractivity contribution in [3.63, 3.8) is 0 Å². The smallest absolute Gasteiger partial charge is 0.228 e. The van der Waals surface area contributed by atoms with Gasteiger partial charge >= 0.3 is 0 Å². The molecular formula is C15H25Cl2N3O. The first-order valence-corrected chi connectivity index (χ1v) is 6.99. The van der Waals surface area contributed by atoms with E-state index >= 15 is 0 Å². The van der Waals surface area contributed by atoms with Gasteiger partial charge in [0.1, 0.15) is 0 Å². The Hall–Kier alpha value is -0.970. The number of hydrogen-bond acceptors (Lipinski definition) is 3. The van der Waals surface area contributed by atoms with Crippen molar-refractivity contribution >= 4 is 42.1 Å². The van der Waals surface area contributed by atoms with Crippen LogP contribution in [0.1, 0.15) is 26.7 Å². The molecule has 4 nitrogen and oxygen atoms in total. The molecule has 3 N–H and O–H groups in total. The Bertz CT molecular complexity index is 448. The van der Waals surface area contributed by atoms with Crippen LogP contribution >= 0.6 is 24.8 Å².